The van der Waals surface area contributed by atoms with E-state index >= 15 is 0 Å². The molecule has 0 spiro atoms. The van der Waals surface area contributed by atoms with E-state index < -0.39 is 10.0 Å². The molecule has 1 N–H and O–H groups in total. The average molecular weight is 423 g/mol. The quantitative estimate of drug-likeness (QED) is 0.594. The second-order valence-electron chi connectivity index (χ2n) is 7.23. The first-order chi connectivity index (χ1) is 14.4. The summed E-state index contributed by atoms with van der Waals surface area (Å²) in [6, 6.07) is 25.2. The minimum absolute atomic E-state index is 0.118. The summed E-state index contributed by atoms with van der Waals surface area (Å²) in [7, 11) is -3.89. The van der Waals surface area contributed by atoms with Gasteiger partial charge < -0.3 is 5.32 Å². The Morgan fingerprint density at radius 3 is 2.10 bits per heavy atom. The molecule has 0 unspecified atom stereocenters. The normalized spacial score (nSPS) is 12.2. The van der Waals surface area contributed by atoms with Crippen LogP contribution in [0.25, 0.3) is 0 Å². The summed E-state index contributed by atoms with van der Waals surface area (Å²) in [5, 5.41) is 2.88. The molecule has 0 saturated heterocycles. The molecule has 6 heteroatoms. The third kappa shape index (κ3) is 5.07. The number of nitrogens with one attached hydrogen (secondary N) is 1. The highest BCUT2D eigenvalue weighted by Crippen LogP contribution is 2.26. The first-order valence-corrected chi connectivity index (χ1v) is 11.3. The molecule has 156 valence electrons. The second kappa shape index (κ2) is 9.59. The molecular weight excluding hydrogens is 396 g/mol. The molecule has 3 aromatic rings. The number of aryl methyl sites for hydroxylation is 1. The van der Waals surface area contributed by atoms with Crippen LogP contribution in [0.5, 0.6) is 0 Å². The summed E-state index contributed by atoms with van der Waals surface area (Å²) in [6.45, 7) is 3.99. The molecule has 5 nitrogen and oxygen atoms in total. The largest absolute Gasteiger partial charge is 0.354 e. The molecule has 1 amide bonds. The summed E-state index contributed by atoms with van der Waals surface area (Å²) >= 11 is 0. The molecule has 0 fully saturated rings. The third-order valence-corrected chi connectivity index (χ3v) is 6.75. The minimum Gasteiger partial charge on any atom is -0.354 e. The zero-order chi connectivity index (χ0) is 21.6. The van der Waals surface area contributed by atoms with Crippen LogP contribution in [0.4, 0.5) is 5.69 Å². The predicted octanol–water partition coefficient (Wildman–Crippen LogP) is 4.11. The van der Waals surface area contributed by atoms with Gasteiger partial charge in [0.25, 0.3) is 10.0 Å². The molecule has 0 bridgehead atoms. The number of rotatable bonds is 8. The molecular formula is C24H26N2O3S. The monoisotopic (exact) mass is 422 g/mol. The fraction of sp³-hybridized carbons (Fsp3) is 0.208. The van der Waals surface area contributed by atoms with Gasteiger partial charge in [0.05, 0.1) is 10.6 Å². The Morgan fingerprint density at radius 1 is 0.900 bits per heavy atom. The number of carbonyl (C=O) groups excluding carboxylic acids is 1. The van der Waals surface area contributed by atoms with E-state index in [-0.39, 0.29) is 23.3 Å². The van der Waals surface area contributed by atoms with Gasteiger partial charge in [-0.1, -0.05) is 73.7 Å². The second-order valence-corrected chi connectivity index (χ2v) is 9.09. The van der Waals surface area contributed by atoms with Gasteiger partial charge in [0.15, 0.2) is 0 Å². The molecule has 30 heavy (non-hydrogen) atoms. The Kier molecular flexibility index (Phi) is 6.90. The van der Waals surface area contributed by atoms with Gasteiger partial charge in [-0.2, -0.15) is 0 Å². The van der Waals surface area contributed by atoms with Crippen molar-refractivity contribution < 1.29 is 13.2 Å². The van der Waals surface area contributed by atoms with Crippen LogP contribution in [0.1, 0.15) is 24.0 Å². The van der Waals surface area contributed by atoms with E-state index in [1.165, 1.54) is 16.4 Å². The maximum atomic E-state index is 13.3. The summed E-state index contributed by atoms with van der Waals surface area (Å²) in [5.74, 6) is -0.228. The summed E-state index contributed by atoms with van der Waals surface area (Å²) in [6.07, 6.45) is 0. The molecule has 1 atom stereocenters. The number of hydrogen-bond donors (Lipinski definition) is 1. The number of benzene rings is 3. The van der Waals surface area contributed by atoms with E-state index in [1.54, 1.807) is 30.3 Å². The van der Waals surface area contributed by atoms with Crippen molar-refractivity contribution in [1.82, 2.24) is 5.32 Å². The van der Waals surface area contributed by atoms with Crippen LogP contribution in [0, 0.1) is 6.92 Å². The number of nitrogens with zero attached hydrogens (tertiary/aromatic N) is 1. The van der Waals surface area contributed by atoms with Crippen LogP contribution in [-0.2, 0) is 14.8 Å². The smallest absolute Gasteiger partial charge is 0.264 e. The van der Waals surface area contributed by atoms with Crippen molar-refractivity contribution in [2.45, 2.75) is 24.7 Å². The Hall–Kier alpha value is -3.12. The lowest BCUT2D eigenvalue weighted by atomic mass is 10.0. The molecule has 0 radical (unpaired) electrons. The van der Waals surface area contributed by atoms with Crippen LogP contribution in [0.3, 0.4) is 0 Å². The first kappa shape index (κ1) is 21.6. The molecule has 3 aromatic carbocycles. The summed E-state index contributed by atoms with van der Waals surface area (Å²) < 4.78 is 27.8. The molecule has 0 aromatic heterocycles. The van der Waals surface area contributed by atoms with Crippen LogP contribution in [0.2, 0.25) is 0 Å². The number of amides is 1. The van der Waals surface area contributed by atoms with E-state index in [9.17, 15) is 13.2 Å². The van der Waals surface area contributed by atoms with Gasteiger partial charge in [0.2, 0.25) is 5.91 Å². The van der Waals surface area contributed by atoms with Crippen molar-refractivity contribution in [3.63, 3.8) is 0 Å². The number of sulfonamides is 1. The zero-order valence-corrected chi connectivity index (χ0v) is 18.0. The highest BCUT2D eigenvalue weighted by molar-refractivity contribution is 7.92. The number of anilines is 1. The standard InChI is InChI=1S/C24H26N2O3S/c1-19-11-9-10-16-23(19)26(30(28,29)22-14-7-4-8-15-22)18-24(27)25-17-20(2)21-12-5-3-6-13-21/h3-16,20H,17-18H2,1-2H3,(H,25,27)/t20-/m0/s1. The first-order valence-electron chi connectivity index (χ1n) is 9.84. The third-order valence-electron chi connectivity index (χ3n) is 4.98. The van der Waals surface area contributed by atoms with Crippen molar-refractivity contribution in [1.29, 1.82) is 0 Å². The van der Waals surface area contributed by atoms with Gasteiger partial charge in [-0.25, -0.2) is 8.42 Å². The fourth-order valence-corrected chi connectivity index (χ4v) is 4.72. The van der Waals surface area contributed by atoms with Gasteiger partial charge in [-0.15, -0.1) is 0 Å². The van der Waals surface area contributed by atoms with Crippen LogP contribution >= 0.6 is 0 Å². The van der Waals surface area contributed by atoms with Gasteiger partial charge in [0, 0.05) is 6.54 Å². The molecule has 0 aliphatic carbocycles. The van der Waals surface area contributed by atoms with Crippen LogP contribution in [0.15, 0.2) is 89.8 Å². The molecule has 0 aliphatic heterocycles. The SMILES string of the molecule is Cc1ccccc1N(CC(=O)NC[C@H](C)c1ccccc1)S(=O)(=O)c1ccccc1. The van der Waals surface area contributed by atoms with Crippen LogP contribution < -0.4 is 9.62 Å². The van der Waals surface area contributed by atoms with E-state index in [0.717, 1.165) is 11.1 Å². The van der Waals surface area contributed by atoms with Crippen molar-refractivity contribution in [3.8, 4) is 0 Å². The summed E-state index contributed by atoms with van der Waals surface area (Å²) in [4.78, 5) is 12.9. The van der Waals surface area contributed by atoms with Crippen molar-refractivity contribution >= 4 is 21.6 Å². The lowest BCUT2D eigenvalue weighted by Crippen LogP contribution is -2.42. The van der Waals surface area contributed by atoms with Crippen molar-refractivity contribution in [3.05, 3.63) is 96.1 Å². The van der Waals surface area contributed by atoms with Gasteiger partial charge in [-0.05, 0) is 42.2 Å². The Labute approximate surface area is 178 Å². The van der Waals surface area contributed by atoms with E-state index in [2.05, 4.69) is 5.32 Å². The maximum absolute atomic E-state index is 13.3. The highest BCUT2D eigenvalue weighted by atomic mass is 32.2. The molecule has 0 saturated carbocycles. The Balaban J connectivity index is 1.81. The Bertz CT molecular complexity index is 1080. The Morgan fingerprint density at radius 2 is 1.47 bits per heavy atom. The van der Waals surface area contributed by atoms with Gasteiger partial charge in [0.1, 0.15) is 6.54 Å². The van der Waals surface area contributed by atoms with Crippen LogP contribution in [-0.4, -0.2) is 27.4 Å². The minimum atomic E-state index is -3.89. The lowest BCUT2D eigenvalue weighted by Gasteiger charge is -2.26. The van der Waals surface area contributed by atoms with E-state index in [1.807, 2.05) is 56.3 Å². The van der Waals surface area contributed by atoms with Crippen molar-refractivity contribution in [2.24, 2.45) is 0 Å². The highest BCUT2D eigenvalue weighted by Gasteiger charge is 2.28. The maximum Gasteiger partial charge on any atom is 0.264 e. The molecule has 0 aliphatic rings. The molecule has 0 heterocycles. The molecule has 3 rings (SSSR count). The lowest BCUT2D eigenvalue weighted by molar-refractivity contribution is -0.119. The van der Waals surface area contributed by atoms with E-state index in [4.69, 9.17) is 0 Å². The predicted molar refractivity (Wildman–Crippen MR) is 120 cm³/mol. The fourth-order valence-electron chi connectivity index (χ4n) is 3.22. The zero-order valence-electron chi connectivity index (χ0n) is 17.2. The average Bonchev–Trinajstić information content (AvgIpc) is 2.77. The van der Waals surface area contributed by atoms with Crippen molar-refractivity contribution in [2.75, 3.05) is 17.4 Å². The van der Waals surface area contributed by atoms with E-state index in [0.29, 0.717) is 12.2 Å². The van der Waals surface area contributed by atoms with Gasteiger partial charge in [-0.3, -0.25) is 9.10 Å². The topological polar surface area (TPSA) is 66.5 Å². The number of carbonyl (C=O) groups is 1. The summed E-state index contributed by atoms with van der Waals surface area (Å²) in [5.41, 5.74) is 2.39. The number of para-hydroxylation sites is 1. The number of hydrogen-bond acceptors (Lipinski definition) is 3. The van der Waals surface area contributed by atoms with Gasteiger partial charge >= 0.3 is 0 Å².